The van der Waals surface area contributed by atoms with Crippen LogP contribution in [0.3, 0.4) is 0 Å². The first-order valence-electron chi connectivity index (χ1n) is 9.69. The Morgan fingerprint density at radius 1 is 0.810 bits per heavy atom. The fraction of sp³-hybridized carbons (Fsp3) is 1.00. The molecule has 1 atom stereocenters. The highest BCUT2D eigenvalue weighted by atomic mass is 32.1. The van der Waals surface area contributed by atoms with Gasteiger partial charge < -0.3 is 0 Å². The van der Waals surface area contributed by atoms with Crippen molar-refractivity contribution in [3.8, 4) is 0 Å². The first-order chi connectivity index (χ1) is 10.1. The Balaban J connectivity index is 1.83. The first-order valence-corrected chi connectivity index (χ1v) is 10.3. The summed E-state index contributed by atoms with van der Waals surface area (Å²) in [6.45, 7) is 4.82. The van der Waals surface area contributed by atoms with E-state index in [1.165, 1.54) is 89.9 Å². The molecule has 0 saturated heterocycles. The van der Waals surface area contributed by atoms with Crippen LogP contribution in [0.5, 0.6) is 0 Å². The molecule has 0 unspecified atom stereocenters. The van der Waals surface area contributed by atoms with Gasteiger partial charge in [0.1, 0.15) is 0 Å². The van der Waals surface area contributed by atoms with Gasteiger partial charge >= 0.3 is 0 Å². The summed E-state index contributed by atoms with van der Waals surface area (Å²) in [6, 6.07) is 0. The average molecular weight is 311 g/mol. The molecule has 0 radical (unpaired) electrons. The molecule has 2 aliphatic carbocycles. The predicted molar refractivity (Wildman–Crippen MR) is 98.2 cm³/mol. The van der Waals surface area contributed by atoms with E-state index in [4.69, 9.17) is 0 Å². The van der Waals surface area contributed by atoms with Crippen LogP contribution in [0, 0.1) is 16.7 Å². The molecule has 0 aliphatic heterocycles. The lowest BCUT2D eigenvalue weighted by Crippen LogP contribution is -2.17. The predicted octanol–water partition coefficient (Wildman–Crippen LogP) is 7.03. The number of hydrogen-bond acceptors (Lipinski definition) is 1. The maximum Gasteiger partial charge on any atom is -0.00463 e. The zero-order chi connectivity index (χ0) is 15.2. The minimum Gasteiger partial charge on any atom is -0.179 e. The normalized spacial score (nSPS) is 28.4. The highest BCUT2D eigenvalue weighted by molar-refractivity contribution is 7.80. The van der Waals surface area contributed by atoms with Gasteiger partial charge in [-0.05, 0) is 48.2 Å². The third-order valence-electron chi connectivity index (χ3n) is 6.19. The molecule has 2 saturated carbocycles. The molecule has 0 bridgehead atoms. The maximum atomic E-state index is 4.56. The van der Waals surface area contributed by atoms with E-state index in [1.54, 1.807) is 0 Å². The molecule has 0 aromatic heterocycles. The van der Waals surface area contributed by atoms with Crippen LogP contribution in [0.1, 0.15) is 104 Å². The smallest absolute Gasteiger partial charge is 0.00463 e. The van der Waals surface area contributed by atoms with E-state index in [-0.39, 0.29) is 0 Å². The van der Waals surface area contributed by atoms with Crippen molar-refractivity contribution in [2.24, 2.45) is 16.7 Å². The van der Waals surface area contributed by atoms with Crippen molar-refractivity contribution in [2.45, 2.75) is 104 Å². The Morgan fingerprint density at radius 3 is 1.67 bits per heavy atom. The van der Waals surface area contributed by atoms with Crippen molar-refractivity contribution < 1.29 is 0 Å². The molecule has 21 heavy (non-hydrogen) atoms. The summed E-state index contributed by atoms with van der Waals surface area (Å²) < 4.78 is 0. The van der Waals surface area contributed by atoms with Gasteiger partial charge in [0.25, 0.3) is 0 Å². The molecule has 2 rings (SSSR count). The van der Waals surface area contributed by atoms with Crippen molar-refractivity contribution in [1.82, 2.24) is 0 Å². The van der Waals surface area contributed by atoms with Crippen LogP contribution >= 0.6 is 12.6 Å². The molecule has 0 nitrogen and oxygen atoms in total. The second-order valence-electron chi connectivity index (χ2n) is 8.83. The molecular formula is C20H38S. The number of rotatable bonds is 3. The van der Waals surface area contributed by atoms with E-state index in [0.717, 1.165) is 17.1 Å². The van der Waals surface area contributed by atoms with Crippen molar-refractivity contribution >= 4 is 12.6 Å². The third kappa shape index (κ3) is 5.81. The molecule has 124 valence electrons. The van der Waals surface area contributed by atoms with Gasteiger partial charge in [0.05, 0.1) is 0 Å². The summed E-state index contributed by atoms with van der Waals surface area (Å²) in [5.41, 5.74) is 1.20. The molecule has 0 amide bonds. The van der Waals surface area contributed by atoms with E-state index >= 15 is 0 Å². The second kappa shape index (κ2) is 8.27. The van der Waals surface area contributed by atoms with E-state index < -0.39 is 0 Å². The standard InChI is InChI=1S/C20H38S/c1-19(2,17-21)15-18-16-20(18)13-11-9-7-5-3-4-6-8-10-12-14-20/h18,21H,3-17H2,1-2H3/t18-/m0/s1. The van der Waals surface area contributed by atoms with Gasteiger partial charge in [-0.2, -0.15) is 12.6 Å². The molecule has 0 heterocycles. The van der Waals surface area contributed by atoms with Crippen molar-refractivity contribution in [3.05, 3.63) is 0 Å². The lowest BCUT2D eigenvalue weighted by Gasteiger charge is -2.25. The molecule has 1 heteroatoms. The van der Waals surface area contributed by atoms with Gasteiger partial charge in [-0.15, -0.1) is 0 Å². The van der Waals surface area contributed by atoms with Crippen LogP contribution < -0.4 is 0 Å². The average Bonchev–Trinajstić information content (AvgIpc) is 3.10. The zero-order valence-electron chi connectivity index (χ0n) is 14.6. The molecular weight excluding hydrogens is 272 g/mol. The number of thiol groups is 1. The summed E-state index contributed by atoms with van der Waals surface area (Å²) >= 11 is 4.56. The van der Waals surface area contributed by atoms with Crippen LogP contribution in [0.15, 0.2) is 0 Å². The van der Waals surface area contributed by atoms with Gasteiger partial charge in [0.2, 0.25) is 0 Å². The van der Waals surface area contributed by atoms with Gasteiger partial charge in [0.15, 0.2) is 0 Å². The summed E-state index contributed by atoms with van der Waals surface area (Å²) in [7, 11) is 0. The largest absolute Gasteiger partial charge is 0.179 e. The first kappa shape index (κ1) is 17.7. The minimum absolute atomic E-state index is 0.443. The SMILES string of the molecule is CC(C)(CS)C[C@H]1CC12CCCCCCCCCCCC2. The van der Waals surface area contributed by atoms with Crippen LogP contribution in [0.4, 0.5) is 0 Å². The molecule has 1 spiro atoms. The van der Waals surface area contributed by atoms with Crippen molar-refractivity contribution in [2.75, 3.05) is 5.75 Å². The Bertz CT molecular complexity index is 280. The minimum atomic E-state index is 0.443. The Hall–Kier alpha value is 0.350. The highest BCUT2D eigenvalue weighted by Gasteiger charge is 2.53. The van der Waals surface area contributed by atoms with E-state index in [0.29, 0.717) is 5.41 Å². The highest BCUT2D eigenvalue weighted by Crippen LogP contribution is 2.63. The van der Waals surface area contributed by atoms with Crippen molar-refractivity contribution in [3.63, 3.8) is 0 Å². The van der Waals surface area contributed by atoms with Crippen LogP contribution in [0.2, 0.25) is 0 Å². The molecule has 2 fully saturated rings. The van der Waals surface area contributed by atoms with Gasteiger partial charge in [-0.1, -0.05) is 78.1 Å². The third-order valence-corrected chi connectivity index (χ3v) is 7.04. The summed E-state index contributed by atoms with van der Waals surface area (Å²) in [6.07, 6.45) is 20.9. The summed E-state index contributed by atoms with van der Waals surface area (Å²) in [5.74, 6) is 2.06. The molecule has 0 aromatic rings. The summed E-state index contributed by atoms with van der Waals surface area (Å²) in [5, 5.41) is 0. The van der Waals surface area contributed by atoms with Gasteiger partial charge in [-0.3, -0.25) is 0 Å². The van der Waals surface area contributed by atoms with E-state index in [2.05, 4.69) is 26.5 Å². The quantitative estimate of drug-likeness (QED) is 0.531. The fourth-order valence-corrected chi connectivity index (χ4v) is 4.69. The fourth-order valence-electron chi connectivity index (χ4n) is 4.56. The molecule has 2 aliphatic rings. The van der Waals surface area contributed by atoms with Crippen LogP contribution in [0.25, 0.3) is 0 Å². The Morgan fingerprint density at radius 2 is 1.24 bits per heavy atom. The second-order valence-corrected chi connectivity index (χ2v) is 9.14. The van der Waals surface area contributed by atoms with Gasteiger partial charge in [-0.25, -0.2) is 0 Å². The lowest BCUT2D eigenvalue weighted by molar-refractivity contribution is 0.288. The summed E-state index contributed by atoms with van der Waals surface area (Å²) in [4.78, 5) is 0. The molecule has 0 aromatic carbocycles. The van der Waals surface area contributed by atoms with Gasteiger partial charge in [0, 0.05) is 0 Å². The lowest BCUT2D eigenvalue weighted by atomic mass is 9.82. The monoisotopic (exact) mass is 310 g/mol. The van der Waals surface area contributed by atoms with E-state index in [1.807, 2.05) is 0 Å². The zero-order valence-corrected chi connectivity index (χ0v) is 15.5. The maximum absolute atomic E-state index is 4.56. The van der Waals surface area contributed by atoms with Crippen LogP contribution in [-0.4, -0.2) is 5.75 Å². The molecule has 0 N–H and O–H groups in total. The number of hydrogen-bond donors (Lipinski definition) is 1. The topological polar surface area (TPSA) is 0 Å². The van der Waals surface area contributed by atoms with Crippen LogP contribution in [-0.2, 0) is 0 Å². The van der Waals surface area contributed by atoms with E-state index in [9.17, 15) is 0 Å². The van der Waals surface area contributed by atoms with Crippen molar-refractivity contribution in [1.29, 1.82) is 0 Å². The Labute approximate surface area is 139 Å². The Kier molecular flexibility index (Phi) is 6.97.